The molecule has 0 atom stereocenters. The zero-order valence-electron chi connectivity index (χ0n) is 12.0. The van der Waals surface area contributed by atoms with E-state index in [4.69, 9.17) is 0 Å². The number of anilines is 1. The van der Waals surface area contributed by atoms with E-state index in [1.807, 2.05) is 0 Å². The van der Waals surface area contributed by atoms with Gasteiger partial charge in [0, 0.05) is 38.4 Å². The highest BCUT2D eigenvalue weighted by molar-refractivity contribution is 5.58. The van der Waals surface area contributed by atoms with E-state index in [9.17, 15) is 0 Å². The highest BCUT2D eigenvalue weighted by Gasteiger charge is 2.20. The molecule has 0 spiro atoms. The van der Waals surface area contributed by atoms with Gasteiger partial charge in [0.05, 0.1) is 0 Å². The van der Waals surface area contributed by atoms with Crippen LogP contribution < -0.4 is 10.2 Å². The first-order chi connectivity index (χ1) is 9.38. The fourth-order valence-corrected chi connectivity index (χ4v) is 3.34. The van der Waals surface area contributed by atoms with Crippen molar-refractivity contribution in [2.75, 3.05) is 44.2 Å². The van der Waals surface area contributed by atoms with Gasteiger partial charge in [-0.25, -0.2) is 0 Å². The molecule has 3 rings (SSSR count). The van der Waals surface area contributed by atoms with Gasteiger partial charge >= 0.3 is 0 Å². The lowest BCUT2D eigenvalue weighted by Gasteiger charge is -2.37. The fraction of sp³-hybridized carbons (Fsp3) is 0.625. The molecule has 1 aromatic rings. The second-order valence-corrected chi connectivity index (χ2v) is 5.67. The number of rotatable bonds is 3. The molecule has 3 heteroatoms. The summed E-state index contributed by atoms with van der Waals surface area (Å²) in [6.07, 6.45) is 2.45. The monoisotopic (exact) mass is 259 g/mol. The third kappa shape index (κ3) is 2.77. The van der Waals surface area contributed by atoms with Gasteiger partial charge in [-0.15, -0.1) is 0 Å². The van der Waals surface area contributed by atoms with Gasteiger partial charge in [-0.3, -0.25) is 4.90 Å². The van der Waals surface area contributed by atoms with Crippen molar-refractivity contribution in [2.24, 2.45) is 0 Å². The van der Waals surface area contributed by atoms with E-state index in [-0.39, 0.29) is 0 Å². The Balaban J connectivity index is 1.73. The van der Waals surface area contributed by atoms with Crippen molar-refractivity contribution in [3.05, 3.63) is 29.3 Å². The van der Waals surface area contributed by atoms with Crippen molar-refractivity contribution in [1.29, 1.82) is 0 Å². The van der Waals surface area contributed by atoms with Crippen LogP contribution in [0, 0.1) is 0 Å². The molecule has 0 aromatic heterocycles. The van der Waals surface area contributed by atoms with Crippen molar-refractivity contribution in [3.8, 4) is 0 Å². The molecular formula is C16H25N3. The fourth-order valence-electron chi connectivity index (χ4n) is 3.34. The smallest absolute Gasteiger partial charge is 0.0403 e. The minimum Gasteiger partial charge on any atom is -0.369 e. The van der Waals surface area contributed by atoms with Crippen LogP contribution in [0.2, 0.25) is 0 Å². The van der Waals surface area contributed by atoms with Crippen LogP contribution in [0.3, 0.4) is 0 Å². The summed E-state index contributed by atoms with van der Waals surface area (Å²) in [4.78, 5) is 5.18. The average molecular weight is 259 g/mol. The lowest BCUT2D eigenvalue weighted by molar-refractivity contribution is 0.258. The molecule has 1 N–H and O–H groups in total. The maximum atomic E-state index is 3.47. The molecule has 1 fully saturated rings. The predicted octanol–water partition coefficient (Wildman–Crippen LogP) is 1.86. The lowest BCUT2D eigenvalue weighted by Crippen LogP contribution is -2.47. The molecule has 0 saturated carbocycles. The Bertz CT molecular complexity index is 422. The Morgan fingerprint density at radius 2 is 2.00 bits per heavy atom. The molecule has 0 radical (unpaired) electrons. The van der Waals surface area contributed by atoms with Crippen LogP contribution in [0.5, 0.6) is 0 Å². The molecule has 2 aliphatic rings. The zero-order valence-corrected chi connectivity index (χ0v) is 12.0. The summed E-state index contributed by atoms with van der Waals surface area (Å²) in [5.74, 6) is 0. The largest absolute Gasteiger partial charge is 0.369 e. The van der Waals surface area contributed by atoms with E-state index in [0.29, 0.717) is 0 Å². The maximum absolute atomic E-state index is 3.47. The van der Waals surface area contributed by atoms with Gasteiger partial charge in [0.25, 0.3) is 0 Å². The quantitative estimate of drug-likeness (QED) is 0.894. The molecule has 0 bridgehead atoms. The molecule has 0 unspecified atom stereocenters. The maximum Gasteiger partial charge on any atom is 0.0403 e. The normalized spacial score (nSPS) is 20.4. The Morgan fingerprint density at radius 3 is 2.79 bits per heavy atom. The van der Waals surface area contributed by atoms with Gasteiger partial charge in [-0.1, -0.05) is 19.1 Å². The van der Waals surface area contributed by atoms with Gasteiger partial charge in [0.2, 0.25) is 0 Å². The third-order valence-corrected chi connectivity index (χ3v) is 4.37. The van der Waals surface area contributed by atoms with Crippen molar-refractivity contribution >= 4 is 5.69 Å². The van der Waals surface area contributed by atoms with Crippen molar-refractivity contribution < 1.29 is 0 Å². The van der Waals surface area contributed by atoms with Gasteiger partial charge in [-0.05, 0) is 43.1 Å². The summed E-state index contributed by atoms with van der Waals surface area (Å²) in [6.45, 7) is 10.5. The molecule has 1 aromatic carbocycles. The highest BCUT2D eigenvalue weighted by Crippen LogP contribution is 2.27. The first kappa shape index (κ1) is 12.9. The van der Waals surface area contributed by atoms with Crippen molar-refractivity contribution in [2.45, 2.75) is 26.3 Å². The molecule has 2 heterocycles. The van der Waals surface area contributed by atoms with E-state index in [2.05, 4.69) is 40.2 Å². The molecule has 0 aliphatic carbocycles. The van der Waals surface area contributed by atoms with E-state index in [0.717, 1.165) is 13.1 Å². The summed E-state index contributed by atoms with van der Waals surface area (Å²) in [6, 6.07) is 6.82. The molecular weight excluding hydrogens is 234 g/mol. The van der Waals surface area contributed by atoms with Crippen molar-refractivity contribution in [1.82, 2.24) is 10.2 Å². The first-order valence-electron chi connectivity index (χ1n) is 7.67. The zero-order chi connectivity index (χ0) is 13.1. The van der Waals surface area contributed by atoms with Crippen LogP contribution in [0.1, 0.15) is 24.5 Å². The number of piperazine rings is 1. The number of benzene rings is 1. The van der Waals surface area contributed by atoms with E-state index >= 15 is 0 Å². The van der Waals surface area contributed by atoms with Gasteiger partial charge in [0.15, 0.2) is 0 Å². The lowest BCUT2D eigenvalue weighted by atomic mass is 9.98. The molecule has 1 saturated heterocycles. The summed E-state index contributed by atoms with van der Waals surface area (Å²) in [5, 5.41) is 3.47. The topological polar surface area (TPSA) is 18.5 Å². The molecule has 0 amide bonds. The van der Waals surface area contributed by atoms with Gasteiger partial charge in [0.1, 0.15) is 0 Å². The predicted molar refractivity (Wildman–Crippen MR) is 80.8 cm³/mol. The summed E-state index contributed by atoms with van der Waals surface area (Å²) in [5.41, 5.74) is 4.58. The van der Waals surface area contributed by atoms with Gasteiger partial charge < -0.3 is 10.2 Å². The number of hydrogen-bond donors (Lipinski definition) is 1. The summed E-state index contributed by atoms with van der Waals surface area (Å²) < 4.78 is 0. The second kappa shape index (κ2) is 5.93. The van der Waals surface area contributed by atoms with Crippen LogP contribution >= 0.6 is 0 Å². The second-order valence-electron chi connectivity index (χ2n) is 5.67. The van der Waals surface area contributed by atoms with Gasteiger partial charge in [-0.2, -0.15) is 0 Å². The number of hydrogen-bond acceptors (Lipinski definition) is 3. The number of fused-ring (bicyclic) bond motifs is 1. The molecule has 2 aliphatic heterocycles. The van der Waals surface area contributed by atoms with Crippen LogP contribution in [-0.4, -0.2) is 44.2 Å². The summed E-state index contributed by atoms with van der Waals surface area (Å²) in [7, 11) is 0. The first-order valence-corrected chi connectivity index (χ1v) is 7.67. The van der Waals surface area contributed by atoms with E-state index in [1.165, 1.54) is 56.8 Å². The average Bonchev–Trinajstić information content (AvgIpc) is 2.48. The van der Waals surface area contributed by atoms with Crippen molar-refractivity contribution in [3.63, 3.8) is 0 Å². The minimum absolute atomic E-state index is 1.04. The highest BCUT2D eigenvalue weighted by atomic mass is 15.3. The Labute approximate surface area is 116 Å². The van der Waals surface area contributed by atoms with Crippen LogP contribution in [0.25, 0.3) is 0 Å². The standard InChI is InChI=1S/C16H25N3/c1-2-8-18-9-11-19(12-10-18)16-5-3-4-14-13-17-7-6-15(14)16/h3-5,17H,2,6-13H2,1H3. The van der Waals surface area contributed by atoms with Crippen LogP contribution in [0.4, 0.5) is 5.69 Å². The Kier molecular flexibility index (Phi) is 4.04. The van der Waals surface area contributed by atoms with Crippen LogP contribution in [-0.2, 0) is 13.0 Å². The van der Waals surface area contributed by atoms with Crippen LogP contribution in [0.15, 0.2) is 18.2 Å². The molecule has 19 heavy (non-hydrogen) atoms. The van der Waals surface area contributed by atoms with E-state index < -0.39 is 0 Å². The number of nitrogens with one attached hydrogen (secondary N) is 1. The minimum atomic E-state index is 1.04. The SMILES string of the molecule is CCCN1CCN(c2cccc3c2CCNC3)CC1. The molecule has 104 valence electrons. The molecule has 3 nitrogen and oxygen atoms in total. The Hall–Kier alpha value is -1.06. The summed E-state index contributed by atoms with van der Waals surface area (Å²) >= 11 is 0. The van der Waals surface area contributed by atoms with E-state index in [1.54, 1.807) is 5.56 Å². The third-order valence-electron chi connectivity index (χ3n) is 4.37. The number of nitrogens with zero attached hydrogens (tertiary/aromatic N) is 2. The Morgan fingerprint density at radius 1 is 1.16 bits per heavy atom.